The van der Waals surface area contributed by atoms with Gasteiger partial charge < -0.3 is 16.4 Å². The van der Waals surface area contributed by atoms with Crippen LogP contribution in [-0.4, -0.2) is 20.0 Å². The molecule has 0 aliphatic heterocycles. The Morgan fingerprint density at radius 1 is 0.889 bits per heavy atom. The normalized spacial score (nSPS) is 10.8. The van der Waals surface area contributed by atoms with Crippen molar-refractivity contribution in [3.05, 3.63) is 19.1 Å². The summed E-state index contributed by atoms with van der Waals surface area (Å²) in [7, 11) is 0. The number of ether oxygens (including phenoxy) is 2. The molecule has 0 N–H and O–H groups in total. The van der Waals surface area contributed by atoms with Gasteiger partial charge in [-0.3, -0.25) is 0 Å². The van der Waals surface area contributed by atoms with Crippen molar-refractivity contribution < 1.29 is 28.3 Å². The third kappa shape index (κ3) is 18.6. The van der Waals surface area contributed by atoms with Gasteiger partial charge in [-0.25, -0.2) is 0 Å². The zero-order valence-corrected chi connectivity index (χ0v) is 12.5. The van der Waals surface area contributed by atoms with Crippen LogP contribution in [0.5, 0.6) is 0 Å². The van der Waals surface area contributed by atoms with Gasteiger partial charge in [0, 0.05) is 6.61 Å². The van der Waals surface area contributed by atoms with E-state index in [2.05, 4.69) is 26.0 Å². The van der Waals surface area contributed by atoms with E-state index in [-0.39, 0.29) is 18.9 Å². The topological polar surface area (TPSA) is 18.5 Å². The summed E-state index contributed by atoms with van der Waals surface area (Å²) in [5.41, 5.74) is 0. The molecule has 0 rings (SSSR count). The molecule has 0 aromatic carbocycles. The van der Waals surface area contributed by atoms with Crippen LogP contribution in [0.2, 0.25) is 0 Å². The van der Waals surface area contributed by atoms with Crippen LogP contribution in [0.4, 0.5) is 0 Å². The van der Waals surface area contributed by atoms with Crippen LogP contribution in [0, 0.1) is 6.92 Å². The van der Waals surface area contributed by atoms with E-state index in [0.29, 0.717) is 6.79 Å². The van der Waals surface area contributed by atoms with Gasteiger partial charge in [-0.05, 0) is 12.8 Å². The van der Waals surface area contributed by atoms with Gasteiger partial charge >= 0.3 is 18.9 Å². The summed E-state index contributed by atoms with van der Waals surface area (Å²) in [6, 6.07) is 0. The largest absolute Gasteiger partial charge is 1.00 e. The van der Waals surface area contributed by atoms with E-state index in [1.165, 1.54) is 32.1 Å². The molecule has 0 aromatic heterocycles. The minimum atomic E-state index is 0. The fraction of sp³-hybridized carbons (Fsp3) is 0.800. The van der Waals surface area contributed by atoms with Gasteiger partial charge in [0.25, 0.3) is 0 Å². The molecule has 3 heteroatoms. The molecule has 0 unspecified atom stereocenters. The summed E-state index contributed by atoms with van der Waals surface area (Å²) < 4.78 is 10.7. The predicted octanol–water partition coefficient (Wildman–Crippen LogP) is 1.51. The number of rotatable bonds is 13. The van der Waals surface area contributed by atoms with E-state index in [1.807, 2.05) is 0 Å². The van der Waals surface area contributed by atoms with Crippen molar-refractivity contribution in [2.45, 2.75) is 58.3 Å². The fourth-order valence-electron chi connectivity index (χ4n) is 1.55. The van der Waals surface area contributed by atoms with Crippen LogP contribution >= 0.6 is 0 Å². The molecule has 0 spiro atoms. The van der Waals surface area contributed by atoms with Gasteiger partial charge in [-0.1, -0.05) is 45.1 Å². The monoisotopic (exact) mass is 248 g/mol. The van der Waals surface area contributed by atoms with Crippen molar-refractivity contribution in [1.82, 2.24) is 0 Å². The molecule has 18 heavy (non-hydrogen) atoms. The van der Waals surface area contributed by atoms with Gasteiger partial charge in [0.1, 0.15) is 6.79 Å². The van der Waals surface area contributed by atoms with E-state index >= 15 is 0 Å². The maximum Gasteiger partial charge on any atom is 1.00 e. The molecule has 0 fully saturated rings. The van der Waals surface area contributed by atoms with Crippen LogP contribution in [0.3, 0.4) is 0 Å². The molecule has 0 aromatic rings. The van der Waals surface area contributed by atoms with E-state index in [9.17, 15) is 0 Å². The van der Waals surface area contributed by atoms with Crippen molar-refractivity contribution in [1.29, 1.82) is 0 Å². The molecule has 0 saturated carbocycles. The molecular formula is C15H29LiO2. The molecule has 0 heterocycles. The minimum Gasteiger partial charge on any atom is -0.355 e. The molecular weight excluding hydrogens is 219 g/mol. The maximum absolute atomic E-state index is 5.39. The zero-order valence-electron chi connectivity index (χ0n) is 12.5. The first-order chi connectivity index (χ1) is 8.41. The SMILES string of the molecule is [CH2-]CC=CCCOCOCCCCCCCC.[Li+]. The number of allylic oxidation sites excluding steroid dienone is 1. The van der Waals surface area contributed by atoms with Crippen molar-refractivity contribution in [2.24, 2.45) is 0 Å². The molecule has 0 aliphatic rings. The van der Waals surface area contributed by atoms with Gasteiger partial charge in [0.2, 0.25) is 0 Å². The minimum absolute atomic E-state index is 0. The Morgan fingerprint density at radius 2 is 1.56 bits per heavy atom. The molecule has 0 saturated heterocycles. The standard InChI is InChI=1S/C15H29O2.Li/c1-3-5-7-9-10-12-14-17-15-16-13-11-8-6-4-2;/h6,8H,2-5,7,9-15H2,1H3;/q-1;+1. The molecule has 2 nitrogen and oxygen atoms in total. The Balaban J connectivity index is 0. The van der Waals surface area contributed by atoms with Crippen LogP contribution in [0.25, 0.3) is 0 Å². The third-order valence-corrected chi connectivity index (χ3v) is 2.57. The summed E-state index contributed by atoms with van der Waals surface area (Å²) in [4.78, 5) is 0. The van der Waals surface area contributed by atoms with Crippen LogP contribution < -0.4 is 18.9 Å². The van der Waals surface area contributed by atoms with Crippen molar-refractivity contribution >= 4 is 0 Å². The Kier molecular flexibility index (Phi) is 22.4. The second-order valence-electron chi connectivity index (χ2n) is 4.25. The van der Waals surface area contributed by atoms with Crippen molar-refractivity contribution in [3.63, 3.8) is 0 Å². The summed E-state index contributed by atoms with van der Waals surface area (Å²) in [5.74, 6) is 0. The van der Waals surface area contributed by atoms with Crippen molar-refractivity contribution in [3.8, 4) is 0 Å². The molecule has 0 amide bonds. The molecule has 0 bridgehead atoms. The van der Waals surface area contributed by atoms with Crippen molar-refractivity contribution in [2.75, 3.05) is 20.0 Å². The summed E-state index contributed by atoms with van der Waals surface area (Å²) >= 11 is 0. The smallest absolute Gasteiger partial charge is 0.355 e. The van der Waals surface area contributed by atoms with E-state index in [4.69, 9.17) is 9.47 Å². The second-order valence-corrected chi connectivity index (χ2v) is 4.25. The molecule has 0 atom stereocenters. The summed E-state index contributed by atoms with van der Waals surface area (Å²) in [6.45, 7) is 7.99. The first-order valence-electron chi connectivity index (χ1n) is 7.01. The second kappa shape index (κ2) is 19.6. The first-order valence-corrected chi connectivity index (χ1v) is 7.01. The quantitative estimate of drug-likeness (QED) is 0.162. The zero-order chi connectivity index (χ0) is 12.6. The van der Waals surface area contributed by atoms with E-state index in [0.717, 1.165) is 32.5 Å². The van der Waals surface area contributed by atoms with Gasteiger partial charge in [-0.2, -0.15) is 6.42 Å². The number of hydrogen-bond acceptors (Lipinski definition) is 2. The Hall–Kier alpha value is 0.257. The molecule has 0 aliphatic carbocycles. The first kappa shape index (κ1) is 20.6. The Morgan fingerprint density at radius 3 is 2.28 bits per heavy atom. The van der Waals surface area contributed by atoms with E-state index in [1.54, 1.807) is 0 Å². The summed E-state index contributed by atoms with van der Waals surface area (Å²) in [6.07, 6.45) is 13.8. The van der Waals surface area contributed by atoms with Gasteiger partial charge in [0.15, 0.2) is 0 Å². The molecule has 0 radical (unpaired) electrons. The van der Waals surface area contributed by atoms with Gasteiger partial charge in [-0.15, -0.1) is 6.08 Å². The summed E-state index contributed by atoms with van der Waals surface area (Å²) in [5, 5.41) is 0. The Labute approximate surface area is 126 Å². The average molecular weight is 248 g/mol. The fourth-order valence-corrected chi connectivity index (χ4v) is 1.55. The maximum atomic E-state index is 5.39. The van der Waals surface area contributed by atoms with Crippen LogP contribution in [-0.2, 0) is 9.47 Å². The Bertz CT molecular complexity index is 161. The predicted molar refractivity (Wildman–Crippen MR) is 73.9 cm³/mol. The average Bonchev–Trinajstić information content (AvgIpc) is 2.35. The molecule has 102 valence electrons. The number of unbranched alkanes of at least 4 members (excludes halogenated alkanes) is 5. The third-order valence-electron chi connectivity index (χ3n) is 2.57. The van der Waals surface area contributed by atoms with E-state index < -0.39 is 0 Å². The number of hydrogen-bond donors (Lipinski definition) is 0. The van der Waals surface area contributed by atoms with Gasteiger partial charge in [0.05, 0.1) is 6.61 Å². The van der Waals surface area contributed by atoms with Crippen LogP contribution in [0.1, 0.15) is 58.3 Å². The van der Waals surface area contributed by atoms with Crippen LogP contribution in [0.15, 0.2) is 12.2 Å².